The van der Waals surface area contributed by atoms with Gasteiger partial charge in [0.25, 0.3) is 0 Å². The van der Waals surface area contributed by atoms with Gasteiger partial charge >= 0.3 is 0 Å². The predicted molar refractivity (Wildman–Crippen MR) is 189 cm³/mol. The van der Waals surface area contributed by atoms with Crippen LogP contribution >= 0.6 is 0 Å². The van der Waals surface area contributed by atoms with Gasteiger partial charge in [0.2, 0.25) is 0 Å². The Labute approximate surface area is 272 Å². The fourth-order valence-electron chi connectivity index (χ4n) is 9.18. The number of hydrogen-bond acceptors (Lipinski definition) is 3. The van der Waals surface area contributed by atoms with Gasteiger partial charge in [0.15, 0.2) is 5.60 Å². The van der Waals surface area contributed by atoms with Crippen molar-refractivity contribution in [3.63, 3.8) is 0 Å². The highest BCUT2D eigenvalue weighted by Gasteiger charge is 2.48. The Kier molecular flexibility index (Phi) is 6.52. The molecule has 5 aromatic carbocycles. The Balaban J connectivity index is 1.27. The third kappa shape index (κ3) is 4.03. The van der Waals surface area contributed by atoms with Gasteiger partial charge in [0.05, 0.1) is 7.11 Å². The second kappa shape index (κ2) is 10.8. The zero-order chi connectivity index (χ0) is 30.7. The number of hydrogen-bond donors (Lipinski definition) is 0. The van der Waals surface area contributed by atoms with Crippen LogP contribution in [0.25, 0.3) is 28.0 Å². The first-order chi connectivity index (χ1) is 22.7. The van der Waals surface area contributed by atoms with Crippen LogP contribution in [-0.2, 0) is 11.0 Å². The SMILES string of the molecule is COc1ccc(C2(c3ccc(N4CCCCC4)cc3)C=Cc3c4c(c5ccccc5c3O2)-c2ccccc2C42CCCCC2)cc1. The van der Waals surface area contributed by atoms with Crippen molar-refractivity contribution >= 4 is 22.5 Å². The maximum absolute atomic E-state index is 7.58. The van der Waals surface area contributed by atoms with Crippen molar-refractivity contribution in [2.75, 3.05) is 25.1 Å². The molecule has 2 aliphatic carbocycles. The number of anilines is 1. The number of ether oxygens (including phenoxy) is 2. The Bertz CT molecular complexity index is 1960. The van der Waals surface area contributed by atoms with Crippen LogP contribution in [0.5, 0.6) is 11.5 Å². The molecular formula is C43H41NO2. The molecule has 4 aliphatic rings. The van der Waals surface area contributed by atoms with E-state index >= 15 is 0 Å². The molecule has 0 aromatic heterocycles. The molecule has 2 fully saturated rings. The molecule has 0 bridgehead atoms. The highest BCUT2D eigenvalue weighted by molar-refractivity contribution is 6.08. The van der Waals surface area contributed by atoms with E-state index < -0.39 is 5.60 Å². The molecule has 9 rings (SSSR count). The lowest BCUT2D eigenvalue weighted by atomic mass is 9.66. The summed E-state index contributed by atoms with van der Waals surface area (Å²) in [6.07, 6.45) is 14.8. The van der Waals surface area contributed by atoms with Gasteiger partial charge in [0.1, 0.15) is 11.5 Å². The fraction of sp³-hybridized carbons (Fsp3) is 0.302. The van der Waals surface area contributed by atoms with Gasteiger partial charge in [-0.1, -0.05) is 98.1 Å². The second-order valence-corrected chi connectivity index (χ2v) is 13.7. The summed E-state index contributed by atoms with van der Waals surface area (Å²) in [6.45, 7) is 2.27. The number of fused-ring (bicyclic) bond motifs is 10. The standard InChI is InChI=1S/C43H41NO2/c1-45-33-22-18-31(19-23-33)43(30-16-20-32(21-17-30)44-28-10-3-11-29-44)27-24-37-40-39(34-12-4-5-13-35(34)41(37)46-43)36-14-6-7-15-38(36)42(40)25-8-2-9-26-42/h4-7,12-24,27H,2-3,8-11,25-26,28-29H2,1H3. The molecule has 46 heavy (non-hydrogen) atoms. The number of benzene rings is 5. The summed E-state index contributed by atoms with van der Waals surface area (Å²) < 4.78 is 13.2. The van der Waals surface area contributed by atoms with Gasteiger partial charge in [-0.25, -0.2) is 0 Å². The average Bonchev–Trinajstić information content (AvgIpc) is 3.41. The van der Waals surface area contributed by atoms with Crippen molar-refractivity contribution in [1.29, 1.82) is 0 Å². The summed E-state index contributed by atoms with van der Waals surface area (Å²) in [5, 5.41) is 2.48. The molecule has 0 radical (unpaired) electrons. The molecule has 1 spiro atoms. The molecule has 1 saturated heterocycles. The van der Waals surface area contributed by atoms with Crippen LogP contribution in [0.2, 0.25) is 0 Å². The lowest BCUT2D eigenvalue weighted by Gasteiger charge is -2.41. The quantitative estimate of drug-likeness (QED) is 0.204. The van der Waals surface area contributed by atoms with Gasteiger partial charge < -0.3 is 14.4 Å². The van der Waals surface area contributed by atoms with E-state index in [0.29, 0.717) is 0 Å². The topological polar surface area (TPSA) is 21.7 Å². The predicted octanol–water partition coefficient (Wildman–Crippen LogP) is 10.4. The fourth-order valence-corrected chi connectivity index (χ4v) is 9.18. The lowest BCUT2D eigenvalue weighted by molar-refractivity contribution is 0.163. The van der Waals surface area contributed by atoms with Crippen LogP contribution in [0.1, 0.15) is 79.2 Å². The van der Waals surface area contributed by atoms with E-state index in [4.69, 9.17) is 9.47 Å². The third-order valence-electron chi connectivity index (χ3n) is 11.4. The molecule has 230 valence electrons. The Morgan fingerprint density at radius 2 is 1.33 bits per heavy atom. The minimum absolute atomic E-state index is 0.0300. The van der Waals surface area contributed by atoms with Gasteiger partial charge in [-0.05, 0) is 90.1 Å². The van der Waals surface area contributed by atoms with Crippen molar-refractivity contribution < 1.29 is 9.47 Å². The van der Waals surface area contributed by atoms with Gasteiger partial charge in [0, 0.05) is 46.3 Å². The number of piperidine rings is 1. The van der Waals surface area contributed by atoms with E-state index in [1.807, 2.05) is 0 Å². The number of methoxy groups -OCH3 is 1. The van der Waals surface area contributed by atoms with Crippen LogP contribution in [0.3, 0.4) is 0 Å². The Hall–Kier alpha value is -4.50. The van der Waals surface area contributed by atoms with Crippen molar-refractivity contribution in [2.45, 2.75) is 62.4 Å². The molecule has 0 amide bonds. The lowest BCUT2D eigenvalue weighted by Crippen LogP contribution is -2.36. The second-order valence-electron chi connectivity index (χ2n) is 13.7. The van der Waals surface area contributed by atoms with Crippen LogP contribution < -0.4 is 14.4 Å². The first-order valence-corrected chi connectivity index (χ1v) is 17.3. The smallest absolute Gasteiger partial charge is 0.178 e. The van der Waals surface area contributed by atoms with E-state index in [9.17, 15) is 0 Å². The molecular weight excluding hydrogens is 562 g/mol. The molecule has 3 nitrogen and oxygen atoms in total. The molecule has 1 saturated carbocycles. The first-order valence-electron chi connectivity index (χ1n) is 17.3. The third-order valence-corrected chi connectivity index (χ3v) is 11.4. The monoisotopic (exact) mass is 603 g/mol. The number of rotatable bonds is 4. The molecule has 1 atom stereocenters. The first kappa shape index (κ1) is 27.8. The molecule has 2 aliphatic heterocycles. The van der Waals surface area contributed by atoms with E-state index in [0.717, 1.165) is 35.7 Å². The van der Waals surface area contributed by atoms with E-state index in [2.05, 4.69) is 114 Å². The minimum Gasteiger partial charge on any atom is -0.497 e. The molecule has 5 aromatic rings. The van der Waals surface area contributed by atoms with Crippen LogP contribution in [-0.4, -0.2) is 20.2 Å². The summed E-state index contributed by atoms with van der Waals surface area (Å²) in [7, 11) is 1.73. The average molecular weight is 604 g/mol. The summed E-state index contributed by atoms with van der Waals surface area (Å²) >= 11 is 0. The summed E-state index contributed by atoms with van der Waals surface area (Å²) in [4.78, 5) is 2.53. The van der Waals surface area contributed by atoms with Gasteiger partial charge in [-0.2, -0.15) is 0 Å². The Morgan fingerprint density at radius 1 is 0.674 bits per heavy atom. The zero-order valence-electron chi connectivity index (χ0n) is 26.7. The molecule has 0 N–H and O–H groups in total. The Morgan fingerprint density at radius 3 is 2.07 bits per heavy atom. The van der Waals surface area contributed by atoms with Crippen LogP contribution in [0, 0.1) is 0 Å². The maximum atomic E-state index is 7.58. The summed E-state index contributed by atoms with van der Waals surface area (Å²) in [5.41, 5.74) is 9.88. The summed E-state index contributed by atoms with van der Waals surface area (Å²) in [5.74, 6) is 1.85. The van der Waals surface area contributed by atoms with E-state index in [1.165, 1.54) is 95.6 Å². The van der Waals surface area contributed by atoms with Gasteiger partial charge in [-0.3, -0.25) is 0 Å². The van der Waals surface area contributed by atoms with Crippen LogP contribution in [0.4, 0.5) is 5.69 Å². The largest absolute Gasteiger partial charge is 0.497 e. The number of nitrogens with zero attached hydrogens (tertiary/aromatic N) is 1. The maximum Gasteiger partial charge on any atom is 0.178 e. The van der Waals surface area contributed by atoms with Crippen molar-refractivity contribution in [3.05, 3.63) is 131 Å². The molecule has 3 heteroatoms. The normalized spacial score (nSPS) is 21.0. The van der Waals surface area contributed by atoms with Crippen LogP contribution in [0.15, 0.2) is 103 Å². The van der Waals surface area contributed by atoms with Crippen molar-refractivity contribution in [3.8, 4) is 22.6 Å². The van der Waals surface area contributed by atoms with Crippen molar-refractivity contribution in [2.24, 2.45) is 0 Å². The molecule has 1 unspecified atom stereocenters. The van der Waals surface area contributed by atoms with Gasteiger partial charge in [-0.15, -0.1) is 0 Å². The summed E-state index contributed by atoms with van der Waals surface area (Å²) in [6, 6.07) is 35.8. The zero-order valence-corrected chi connectivity index (χ0v) is 26.7. The highest BCUT2D eigenvalue weighted by atomic mass is 16.5. The van der Waals surface area contributed by atoms with E-state index in [1.54, 1.807) is 7.11 Å². The van der Waals surface area contributed by atoms with E-state index in [-0.39, 0.29) is 5.41 Å². The minimum atomic E-state index is -0.776. The van der Waals surface area contributed by atoms with Crippen molar-refractivity contribution in [1.82, 2.24) is 0 Å². The highest BCUT2D eigenvalue weighted by Crippen LogP contribution is 2.62. The molecule has 2 heterocycles.